The van der Waals surface area contributed by atoms with Crippen LogP contribution in [0, 0.1) is 17.0 Å². The van der Waals surface area contributed by atoms with E-state index in [9.17, 15) is 14.9 Å². The van der Waals surface area contributed by atoms with Crippen molar-refractivity contribution >= 4 is 22.4 Å². The molecule has 0 fully saturated rings. The Bertz CT molecular complexity index is 748. The first-order chi connectivity index (χ1) is 9.04. The highest BCUT2D eigenvalue weighted by Crippen LogP contribution is 2.30. The normalized spacial score (nSPS) is 9.95. The van der Waals surface area contributed by atoms with Crippen LogP contribution in [0.5, 0.6) is 0 Å². The maximum atomic E-state index is 11.6. The standard InChI is InChI=1S/C12H8N4O3/c1-7-2-4-9-8(6-7)3-5-10(11(9)16(18)19)12(17)14-15-13/h2-6H,1H3. The number of carbonyl (C=O) groups excluding carboxylic acids is 1. The maximum absolute atomic E-state index is 11.6. The summed E-state index contributed by atoms with van der Waals surface area (Å²) in [4.78, 5) is 24.4. The quantitative estimate of drug-likeness (QED) is 0.269. The molecule has 0 unspecified atom stereocenters. The van der Waals surface area contributed by atoms with Crippen LogP contribution in [-0.4, -0.2) is 10.8 Å². The van der Waals surface area contributed by atoms with Gasteiger partial charge in [-0.3, -0.25) is 14.9 Å². The lowest BCUT2D eigenvalue weighted by atomic mass is 10.0. The van der Waals surface area contributed by atoms with Crippen molar-refractivity contribution in [2.75, 3.05) is 0 Å². The molecule has 0 aliphatic rings. The Morgan fingerprint density at radius 3 is 2.74 bits per heavy atom. The SMILES string of the molecule is Cc1ccc2c([N+](=O)[O-])c(C(=O)N=[N+]=[N-])ccc2c1. The van der Waals surface area contributed by atoms with E-state index in [1.807, 2.05) is 6.92 Å². The van der Waals surface area contributed by atoms with Gasteiger partial charge in [-0.25, -0.2) is 0 Å². The van der Waals surface area contributed by atoms with E-state index in [1.165, 1.54) is 6.07 Å². The zero-order chi connectivity index (χ0) is 14.0. The Labute approximate surface area is 107 Å². The fourth-order valence-corrected chi connectivity index (χ4v) is 1.90. The Balaban J connectivity index is 2.83. The highest BCUT2D eigenvalue weighted by atomic mass is 16.6. The van der Waals surface area contributed by atoms with Crippen molar-refractivity contribution in [2.24, 2.45) is 5.11 Å². The molecule has 0 spiro atoms. The van der Waals surface area contributed by atoms with Crippen molar-refractivity contribution in [3.8, 4) is 0 Å². The van der Waals surface area contributed by atoms with Gasteiger partial charge < -0.3 is 0 Å². The van der Waals surface area contributed by atoms with Gasteiger partial charge in [0.1, 0.15) is 5.56 Å². The fourth-order valence-electron chi connectivity index (χ4n) is 1.90. The summed E-state index contributed by atoms with van der Waals surface area (Å²) in [6.45, 7) is 1.87. The van der Waals surface area contributed by atoms with Crippen LogP contribution in [-0.2, 0) is 0 Å². The maximum Gasteiger partial charge on any atom is 0.288 e. The molecule has 0 bridgehead atoms. The number of azide groups is 1. The molecule has 0 atom stereocenters. The lowest BCUT2D eigenvalue weighted by Gasteiger charge is -2.04. The molecule has 2 aromatic rings. The number of fused-ring (bicyclic) bond motifs is 1. The predicted molar refractivity (Wildman–Crippen MR) is 68.8 cm³/mol. The molecule has 0 aliphatic carbocycles. The second-order valence-corrected chi connectivity index (χ2v) is 3.94. The van der Waals surface area contributed by atoms with Crippen molar-refractivity contribution in [2.45, 2.75) is 6.92 Å². The Morgan fingerprint density at radius 2 is 2.11 bits per heavy atom. The van der Waals surface area contributed by atoms with Crippen molar-refractivity contribution in [1.29, 1.82) is 0 Å². The van der Waals surface area contributed by atoms with Gasteiger partial charge in [-0.15, -0.1) is 0 Å². The molecule has 0 aliphatic heterocycles. The number of hydrogen-bond donors (Lipinski definition) is 0. The van der Waals surface area contributed by atoms with Gasteiger partial charge in [-0.05, 0) is 35.1 Å². The molecule has 2 rings (SSSR count). The Kier molecular flexibility index (Phi) is 3.14. The van der Waals surface area contributed by atoms with Gasteiger partial charge >= 0.3 is 0 Å². The smallest absolute Gasteiger partial charge is 0.287 e. The van der Waals surface area contributed by atoms with Crippen molar-refractivity contribution in [3.05, 3.63) is 62.0 Å². The van der Waals surface area contributed by atoms with Crippen LogP contribution in [0.3, 0.4) is 0 Å². The average molecular weight is 256 g/mol. The number of carbonyl (C=O) groups is 1. The lowest BCUT2D eigenvalue weighted by Crippen LogP contribution is -2.01. The number of rotatable bonds is 2. The Hall–Kier alpha value is -2.92. The highest BCUT2D eigenvalue weighted by molar-refractivity contribution is 6.06. The summed E-state index contributed by atoms with van der Waals surface area (Å²) in [5, 5.41) is 15.0. The summed E-state index contributed by atoms with van der Waals surface area (Å²) in [5.74, 6) is -0.961. The van der Waals surface area contributed by atoms with E-state index < -0.39 is 10.8 Å². The van der Waals surface area contributed by atoms with Gasteiger partial charge in [0.15, 0.2) is 0 Å². The molecule has 0 saturated carbocycles. The minimum absolute atomic E-state index is 0.209. The predicted octanol–water partition coefficient (Wildman–Crippen LogP) is 3.51. The molecule has 0 radical (unpaired) electrons. The van der Waals surface area contributed by atoms with Crippen LogP contribution in [0.2, 0.25) is 0 Å². The second-order valence-electron chi connectivity index (χ2n) is 3.94. The van der Waals surface area contributed by atoms with Crippen LogP contribution >= 0.6 is 0 Å². The molecule has 94 valence electrons. The van der Waals surface area contributed by atoms with Crippen LogP contribution in [0.15, 0.2) is 35.4 Å². The minimum Gasteiger partial charge on any atom is -0.287 e. The third-order valence-electron chi connectivity index (χ3n) is 2.70. The van der Waals surface area contributed by atoms with E-state index in [4.69, 9.17) is 5.53 Å². The van der Waals surface area contributed by atoms with Crippen LogP contribution in [0.25, 0.3) is 21.2 Å². The summed E-state index contributed by atoms with van der Waals surface area (Å²) in [5.41, 5.74) is 8.65. The van der Waals surface area contributed by atoms with Gasteiger partial charge in [0, 0.05) is 4.91 Å². The van der Waals surface area contributed by atoms with Crippen LogP contribution in [0.1, 0.15) is 15.9 Å². The molecule has 19 heavy (non-hydrogen) atoms. The monoisotopic (exact) mass is 256 g/mol. The molecule has 2 aromatic carbocycles. The summed E-state index contributed by atoms with van der Waals surface area (Å²) in [6.07, 6.45) is 0. The van der Waals surface area contributed by atoms with Crippen molar-refractivity contribution in [3.63, 3.8) is 0 Å². The topological polar surface area (TPSA) is 109 Å². The number of nitrogens with zero attached hydrogens (tertiary/aromatic N) is 4. The lowest BCUT2D eigenvalue weighted by molar-refractivity contribution is -0.383. The number of benzene rings is 2. The summed E-state index contributed by atoms with van der Waals surface area (Å²) in [7, 11) is 0. The molecule has 1 amide bonds. The van der Waals surface area contributed by atoms with E-state index >= 15 is 0 Å². The summed E-state index contributed by atoms with van der Waals surface area (Å²) < 4.78 is 0. The molecule has 7 nitrogen and oxygen atoms in total. The van der Waals surface area contributed by atoms with Crippen LogP contribution in [0.4, 0.5) is 5.69 Å². The first-order valence-corrected chi connectivity index (χ1v) is 5.32. The van der Waals surface area contributed by atoms with E-state index in [0.717, 1.165) is 5.56 Å². The molecular weight excluding hydrogens is 248 g/mol. The zero-order valence-electron chi connectivity index (χ0n) is 9.90. The molecule has 7 heteroatoms. The van der Waals surface area contributed by atoms with Gasteiger partial charge in [-0.2, -0.15) is 0 Å². The van der Waals surface area contributed by atoms with Gasteiger partial charge in [-0.1, -0.05) is 23.8 Å². The van der Waals surface area contributed by atoms with Crippen LogP contribution < -0.4 is 0 Å². The summed E-state index contributed by atoms with van der Waals surface area (Å²) in [6, 6.07) is 7.98. The number of nitro benzene ring substituents is 1. The third-order valence-corrected chi connectivity index (χ3v) is 2.70. The Morgan fingerprint density at radius 1 is 1.37 bits per heavy atom. The fraction of sp³-hybridized carbons (Fsp3) is 0.0833. The van der Waals surface area contributed by atoms with Gasteiger partial charge in [0.05, 0.1) is 10.3 Å². The number of amides is 1. The number of aryl methyl sites for hydroxylation is 1. The average Bonchev–Trinajstić information content (AvgIpc) is 2.37. The van der Waals surface area contributed by atoms with E-state index in [2.05, 4.69) is 10.0 Å². The molecule has 0 N–H and O–H groups in total. The first kappa shape index (κ1) is 12.5. The molecule has 0 heterocycles. The highest BCUT2D eigenvalue weighted by Gasteiger charge is 2.22. The zero-order valence-corrected chi connectivity index (χ0v) is 9.90. The largest absolute Gasteiger partial charge is 0.288 e. The first-order valence-electron chi connectivity index (χ1n) is 5.32. The second kappa shape index (κ2) is 4.75. The number of nitro groups is 1. The van der Waals surface area contributed by atoms with E-state index in [-0.39, 0.29) is 11.3 Å². The van der Waals surface area contributed by atoms with E-state index in [0.29, 0.717) is 10.8 Å². The van der Waals surface area contributed by atoms with E-state index in [1.54, 1.807) is 24.3 Å². The van der Waals surface area contributed by atoms with Crippen molar-refractivity contribution in [1.82, 2.24) is 0 Å². The minimum atomic E-state index is -0.961. The summed E-state index contributed by atoms with van der Waals surface area (Å²) >= 11 is 0. The molecule has 0 aromatic heterocycles. The van der Waals surface area contributed by atoms with Crippen molar-refractivity contribution < 1.29 is 9.72 Å². The van der Waals surface area contributed by atoms with Gasteiger partial charge in [0.2, 0.25) is 0 Å². The third kappa shape index (κ3) is 2.22. The van der Waals surface area contributed by atoms with Gasteiger partial charge in [0.25, 0.3) is 11.6 Å². The molecular formula is C12H8N4O3. The number of hydrogen-bond acceptors (Lipinski definition) is 3. The molecule has 0 saturated heterocycles.